The minimum atomic E-state index is -4.16. The first-order chi connectivity index (χ1) is 19.6. The van der Waals surface area contributed by atoms with E-state index < -0.39 is 28.5 Å². The smallest absolute Gasteiger partial charge is 0.264 e. The zero-order chi connectivity index (χ0) is 30.0. The second kappa shape index (κ2) is 14.5. The molecule has 1 N–H and O–H groups in total. The van der Waals surface area contributed by atoms with Gasteiger partial charge in [-0.1, -0.05) is 50.2 Å². The first-order valence-electron chi connectivity index (χ1n) is 13.6. The Labute approximate surface area is 243 Å². The topological polar surface area (TPSA) is 105 Å². The Morgan fingerprint density at radius 2 is 1.49 bits per heavy atom. The van der Waals surface area contributed by atoms with Crippen LogP contribution in [0.5, 0.6) is 11.5 Å². The Balaban J connectivity index is 2.08. The normalized spacial score (nSPS) is 12.6. The molecule has 3 rings (SSSR count). The molecule has 0 heterocycles. The van der Waals surface area contributed by atoms with E-state index in [9.17, 15) is 18.0 Å². The fraction of sp³-hybridized carbons (Fsp3) is 0.355. The Morgan fingerprint density at radius 3 is 2.10 bits per heavy atom. The predicted octanol–water partition coefficient (Wildman–Crippen LogP) is 4.62. The van der Waals surface area contributed by atoms with Crippen LogP contribution in [0.4, 0.5) is 5.69 Å². The minimum Gasteiger partial charge on any atom is -0.497 e. The summed E-state index contributed by atoms with van der Waals surface area (Å²) in [4.78, 5) is 29.0. The van der Waals surface area contributed by atoms with Crippen molar-refractivity contribution in [2.45, 2.75) is 57.1 Å². The van der Waals surface area contributed by atoms with Crippen molar-refractivity contribution in [3.05, 3.63) is 84.4 Å². The molecule has 3 aromatic carbocycles. The summed E-state index contributed by atoms with van der Waals surface area (Å²) < 4.78 is 39.6. The highest BCUT2D eigenvalue weighted by molar-refractivity contribution is 7.92. The van der Waals surface area contributed by atoms with E-state index in [-0.39, 0.29) is 29.1 Å². The van der Waals surface area contributed by atoms with E-state index in [1.54, 1.807) is 67.8 Å². The summed E-state index contributed by atoms with van der Waals surface area (Å²) in [5.74, 6) is 0.228. The third-order valence-corrected chi connectivity index (χ3v) is 8.61. The number of amides is 2. The second-order valence-corrected chi connectivity index (χ2v) is 11.5. The molecule has 0 radical (unpaired) electrons. The molecule has 3 aromatic rings. The molecule has 0 aromatic heterocycles. The van der Waals surface area contributed by atoms with E-state index in [0.29, 0.717) is 17.9 Å². The summed E-state index contributed by atoms with van der Waals surface area (Å²) in [6.45, 7) is 5.25. The van der Waals surface area contributed by atoms with E-state index in [1.807, 2.05) is 26.8 Å². The average Bonchev–Trinajstić information content (AvgIpc) is 2.99. The number of anilines is 1. The number of hydrogen-bond acceptors (Lipinski definition) is 6. The maximum atomic E-state index is 14.2. The number of sulfonamides is 1. The Hall–Kier alpha value is -4.05. The first-order valence-corrected chi connectivity index (χ1v) is 15.0. The second-order valence-electron chi connectivity index (χ2n) is 9.64. The lowest BCUT2D eigenvalue weighted by Gasteiger charge is -2.33. The lowest BCUT2D eigenvalue weighted by molar-refractivity contribution is -0.140. The maximum absolute atomic E-state index is 14.2. The van der Waals surface area contributed by atoms with Crippen LogP contribution < -0.4 is 19.1 Å². The molecule has 0 saturated heterocycles. The van der Waals surface area contributed by atoms with E-state index in [1.165, 1.54) is 24.1 Å². The van der Waals surface area contributed by atoms with Gasteiger partial charge in [-0.05, 0) is 61.7 Å². The fourth-order valence-corrected chi connectivity index (χ4v) is 5.77. The molecule has 0 bridgehead atoms. The number of carbonyl (C=O) groups is 2. The molecule has 0 aliphatic rings. The van der Waals surface area contributed by atoms with Crippen LogP contribution in [0.1, 0.15) is 39.2 Å². The molecule has 9 nitrogen and oxygen atoms in total. The summed E-state index contributed by atoms with van der Waals surface area (Å²) in [6.07, 6.45) is 1.06. The van der Waals surface area contributed by atoms with Crippen molar-refractivity contribution in [3.63, 3.8) is 0 Å². The minimum absolute atomic E-state index is 0.0384. The molecule has 10 heteroatoms. The van der Waals surface area contributed by atoms with Crippen molar-refractivity contribution < 1.29 is 27.5 Å². The van der Waals surface area contributed by atoms with Gasteiger partial charge in [0.2, 0.25) is 11.8 Å². The van der Waals surface area contributed by atoms with Gasteiger partial charge in [0, 0.05) is 18.7 Å². The molecular formula is C31H39N3O6S. The van der Waals surface area contributed by atoms with Crippen molar-refractivity contribution >= 4 is 27.5 Å². The third-order valence-electron chi connectivity index (χ3n) is 6.83. The van der Waals surface area contributed by atoms with Crippen molar-refractivity contribution in [1.82, 2.24) is 10.2 Å². The predicted molar refractivity (Wildman–Crippen MR) is 159 cm³/mol. The van der Waals surface area contributed by atoms with Crippen molar-refractivity contribution in [2.75, 3.05) is 25.1 Å². The van der Waals surface area contributed by atoms with Crippen LogP contribution in [-0.4, -0.2) is 58.0 Å². The molecule has 2 atom stereocenters. The third kappa shape index (κ3) is 8.00. The number of hydrogen-bond donors (Lipinski definition) is 1. The zero-order valence-corrected chi connectivity index (χ0v) is 25.1. The van der Waals surface area contributed by atoms with Gasteiger partial charge in [0.05, 0.1) is 24.8 Å². The zero-order valence-electron chi connectivity index (χ0n) is 24.2. The molecular weight excluding hydrogens is 542 g/mol. The van der Waals surface area contributed by atoms with Gasteiger partial charge >= 0.3 is 0 Å². The van der Waals surface area contributed by atoms with Crippen LogP contribution in [0.15, 0.2) is 83.8 Å². The molecule has 0 aliphatic heterocycles. The summed E-state index contributed by atoms with van der Waals surface area (Å²) in [5.41, 5.74) is 1.01. The highest BCUT2D eigenvalue weighted by Gasteiger charge is 2.34. The number of methoxy groups -OCH3 is 2. The molecule has 220 valence electrons. The molecule has 0 unspecified atom stereocenters. The van der Waals surface area contributed by atoms with E-state index in [4.69, 9.17) is 9.47 Å². The fourth-order valence-electron chi connectivity index (χ4n) is 4.34. The van der Waals surface area contributed by atoms with Gasteiger partial charge in [0.25, 0.3) is 10.0 Å². The van der Waals surface area contributed by atoms with Crippen LogP contribution in [-0.2, 0) is 26.2 Å². The van der Waals surface area contributed by atoms with Gasteiger partial charge in [-0.3, -0.25) is 13.9 Å². The summed E-state index contributed by atoms with van der Waals surface area (Å²) in [6, 6.07) is 20.8. The molecule has 41 heavy (non-hydrogen) atoms. The number of carbonyl (C=O) groups excluding carboxylic acids is 2. The van der Waals surface area contributed by atoms with Gasteiger partial charge in [0.15, 0.2) is 0 Å². The Bertz CT molecular complexity index is 1410. The standard InChI is InChI=1S/C31H39N3O6S/c1-6-23(3)32-31(36)29(7-2)33(21-24-13-11-15-26(19-24)39-4)30(35)22-34(25-14-12-16-27(20-25)40-5)41(37,38)28-17-9-8-10-18-28/h8-20,23,29H,6-7,21-22H2,1-5H3,(H,32,36)/t23-,29-/m1/s1. The number of rotatable bonds is 14. The summed E-state index contributed by atoms with van der Waals surface area (Å²) in [5, 5.41) is 2.97. The maximum Gasteiger partial charge on any atom is 0.264 e. The van der Waals surface area contributed by atoms with Gasteiger partial charge in [-0.2, -0.15) is 0 Å². The summed E-state index contributed by atoms with van der Waals surface area (Å²) in [7, 11) is -1.12. The van der Waals surface area contributed by atoms with Gasteiger partial charge < -0.3 is 19.7 Å². The van der Waals surface area contributed by atoms with Crippen LogP contribution >= 0.6 is 0 Å². The van der Waals surface area contributed by atoms with Gasteiger partial charge in [-0.15, -0.1) is 0 Å². The quantitative estimate of drug-likeness (QED) is 0.298. The SMILES string of the molecule is CC[C@@H](C)NC(=O)[C@@H](CC)N(Cc1cccc(OC)c1)C(=O)CN(c1cccc(OC)c1)S(=O)(=O)c1ccccc1. The van der Waals surface area contributed by atoms with E-state index in [2.05, 4.69) is 5.32 Å². The molecule has 0 fully saturated rings. The number of nitrogens with one attached hydrogen (secondary N) is 1. The van der Waals surface area contributed by atoms with Crippen LogP contribution in [0, 0.1) is 0 Å². The molecule has 0 saturated carbocycles. The van der Waals surface area contributed by atoms with Crippen molar-refractivity contribution in [2.24, 2.45) is 0 Å². The molecule has 2 amide bonds. The van der Waals surface area contributed by atoms with E-state index in [0.717, 1.165) is 16.3 Å². The lowest BCUT2D eigenvalue weighted by atomic mass is 10.1. The Morgan fingerprint density at radius 1 is 0.854 bits per heavy atom. The monoisotopic (exact) mass is 581 g/mol. The van der Waals surface area contributed by atoms with Gasteiger partial charge in [-0.25, -0.2) is 8.42 Å². The van der Waals surface area contributed by atoms with Crippen LogP contribution in [0.3, 0.4) is 0 Å². The average molecular weight is 582 g/mol. The van der Waals surface area contributed by atoms with Crippen LogP contribution in [0.25, 0.3) is 0 Å². The molecule has 0 spiro atoms. The number of ether oxygens (including phenoxy) is 2. The highest BCUT2D eigenvalue weighted by atomic mass is 32.2. The highest BCUT2D eigenvalue weighted by Crippen LogP contribution is 2.28. The summed E-state index contributed by atoms with van der Waals surface area (Å²) >= 11 is 0. The molecule has 0 aliphatic carbocycles. The largest absolute Gasteiger partial charge is 0.497 e. The van der Waals surface area contributed by atoms with Crippen molar-refractivity contribution in [3.8, 4) is 11.5 Å². The lowest BCUT2D eigenvalue weighted by Crippen LogP contribution is -2.53. The number of benzene rings is 3. The Kier molecular flexibility index (Phi) is 11.2. The van der Waals surface area contributed by atoms with Crippen LogP contribution in [0.2, 0.25) is 0 Å². The van der Waals surface area contributed by atoms with Crippen molar-refractivity contribution in [1.29, 1.82) is 0 Å². The van der Waals surface area contributed by atoms with Gasteiger partial charge in [0.1, 0.15) is 24.1 Å². The number of nitrogens with zero attached hydrogens (tertiary/aromatic N) is 2. The van der Waals surface area contributed by atoms with E-state index >= 15 is 0 Å². The first kappa shape index (κ1) is 31.5.